The highest BCUT2D eigenvalue weighted by atomic mass is 32.2. The van der Waals surface area contributed by atoms with Crippen molar-refractivity contribution in [1.82, 2.24) is 24.1 Å². The van der Waals surface area contributed by atoms with Crippen molar-refractivity contribution in [2.24, 2.45) is 7.05 Å². The van der Waals surface area contributed by atoms with E-state index in [0.717, 1.165) is 11.0 Å². The normalized spacial score (nSPS) is 18.7. The number of hydrogen-bond donors (Lipinski definition) is 1. The molecule has 0 aliphatic carbocycles. The molecule has 4 rings (SSSR count). The lowest BCUT2D eigenvalue weighted by molar-refractivity contribution is -0.165. The topological polar surface area (TPSA) is 83.9 Å². The number of alkyl halides is 6. The van der Waals surface area contributed by atoms with Crippen molar-refractivity contribution in [1.29, 1.82) is 0 Å². The van der Waals surface area contributed by atoms with Gasteiger partial charge in [0.05, 0.1) is 11.1 Å². The number of hydrogen-bond acceptors (Lipinski definition) is 4. The van der Waals surface area contributed by atoms with E-state index in [0.29, 0.717) is 6.07 Å². The number of fused-ring (bicyclic) bond motifs is 1. The van der Waals surface area contributed by atoms with Crippen LogP contribution in [-0.4, -0.2) is 51.2 Å². The molecule has 0 spiro atoms. The SMILES string of the molecule is Cn1cnc(-c2c(C(F)(F)F)cc(F)c3[nH]c(S(=O)(=O)N4CCCC4C(F)(F)F)cc23)n1. The molecule has 1 atom stereocenters. The summed E-state index contributed by atoms with van der Waals surface area (Å²) < 4.78 is 122. The van der Waals surface area contributed by atoms with Crippen LogP contribution in [-0.2, 0) is 23.2 Å². The number of nitrogens with one attached hydrogen (secondary N) is 1. The van der Waals surface area contributed by atoms with E-state index in [-0.39, 0.29) is 16.8 Å². The molecular weight excluding hydrogens is 471 g/mol. The second-order valence-electron chi connectivity index (χ2n) is 7.26. The van der Waals surface area contributed by atoms with Crippen molar-refractivity contribution < 1.29 is 39.2 Å². The second kappa shape index (κ2) is 7.16. The van der Waals surface area contributed by atoms with E-state index < -0.39 is 80.1 Å². The third-order valence-corrected chi connectivity index (χ3v) is 6.97. The first kappa shape index (κ1) is 22.5. The molecule has 3 aromatic rings. The van der Waals surface area contributed by atoms with Crippen LogP contribution in [0.25, 0.3) is 22.3 Å². The number of sulfonamides is 1. The lowest BCUT2D eigenvalue weighted by Crippen LogP contribution is -2.44. The van der Waals surface area contributed by atoms with Crippen LogP contribution in [0, 0.1) is 5.82 Å². The fourth-order valence-electron chi connectivity index (χ4n) is 3.77. The molecule has 32 heavy (non-hydrogen) atoms. The van der Waals surface area contributed by atoms with E-state index in [9.17, 15) is 39.2 Å². The smallest absolute Gasteiger partial charge is 0.342 e. The van der Waals surface area contributed by atoms with Gasteiger partial charge in [-0.25, -0.2) is 17.8 Å². The molecule has 0 saturated carbocycles. The average molecular weight is 485 g/mol. The number of aryl methyl sites for hydroxylation is 1. The Morgan fingerprint density at radius 2 is 1.84 bits per heavy atom. The molecule has 3 heterocycles. The first-order valence-corrected chi connectivity index (χ1v) is 10.5. The van der Waals surface area contributed by atoms with E-state index >= 15 is 0 Å². The number of benzene rings is 1. The van der Waals surface area contributed by atoms with Gasteiger partial charge in [-0.1, -0.05) is 0 Å². The van der Waals surface area contributed by atoms with Crippen LogP contribution in [0.15, 0.2) is 23.5 Å². The van der Waals surface area contributed by atoms with Gasteiger partial charge in [-0.15, -0.1) is 0 Å². The highest BCUT2D eigenvalue weighted by Gasteiger charge is 2.51. The molecule has 1 aliphatic heterocycles. The van der Waals surface area contributed by atoms with Crippen molar-refractivity contribution in [3.63, 3.8) is 0 Å². The summed E-state index contributed by atoms with van der Waals surface area (Å²) in [7, 11) is -3.45. The van der Waals surface area contributed by atoms with Crippen molar-refractivity contribution in [3.8, 4) is 11.4 Å². The highest BCUT2D eigenvalue weighted by Crippen LogP contribution is 2.43. The maximum atomic E-state index is 14.6. The zero-order valence-electron chi connectivity index (χ0n) is 16.1. The zero-order valence-corrected chi connectivity index (χ0v) is 16.9. The lowest BCUT2D eigenvalue weighted by atomic mass is 10.0. The van der Waals surface area contributed by atoms with Crippen LogP contribution in [0.3, 0.4) is 0 Å². The predicted molar refractivity (Wildman–Crippen MR) is 96.2 cm³/mol. The van der Waals surface area contributed by atoms with E-state index in [4.69, 9.17) is 0 Å². The minimum absolute atomic E-state index is 0.0562. The number of rotatable bonds is 3. The highest BCUT2D eigenvalue weighted by molar-refractivity contribution is 7.89. The van der Waals surface area contributed by atoms with Crippen molar-refractivity contribution >= 4 is 20.9 Å². The largest absolute Gasteiger partial charge is 0.417 e. The lowest BCUT2D eigenvalue weighted by Gasteiger charge is -2.25. The molecule has 1 fully saturated rings. The van der Waals surface area contributed by atoms with Gasteiger partial charge in [0.15, 0.2) is 5.82 Å². The van der Waals surface area contributed by atoms with Crippen LogP contribution in [0.5, 0.6) is 0 Å². The van der Waals surface area contributed by atoms with E-state index in [1.54, 1.807) is 0 Å². The van der Waals surface area contributed by atoms with E-state index in [1.165, 1.54) is 7.05 Å². The Labute approximate surface area is 175 Å². The summed E-state index contributed by atoms with van der Waals surface area (Å²) in [6.45, 7) is -0.438. The third kappa shape index (κ3) is 3.62. The fourth-order valence-corrected chi connectivity index (χ4v) is 5.45. The van der Waals surface area contributed by atoms with Crippen LogP contribution >= 0.6 is 0 Å². The minimum Gasteiger partial charge on any atom is -0.342 e. The van der Waals surface area contributed by atoms with Gasteiger partial charge < -0.3 is 4.98 Å². The molecule has 1 N–H and O–H groups in total. The van der Waals surface area contributed by atoms with Gasteiger partial charge in [-0.3, -0.25) is 4.68 Å². The van der Waals surface area contributed by atoms with Gasteiger partial charge >= 0.3 is 12.4 Å². The summed E-state index contributed by atoms with van der Waals surface area (Å²) >= 11 is 0. The van der Waals surface area contributed by atoms with Crippen LogP contribution in [0.1, 0.15) is 18.4 Å². The molecule has 1 aromatic carbocycles. The Kier molecular flexibility index (Phi) is 5.04. The van der Waals surface area contributed by atoms with Gasteiger partial charge in [0.2, 0.25) is 0 Å². The quantitative estimate of drug-likeness (QED) is 0.572. The molecular formula is C17H14F7N5O2S. The molecule has 1 saturated heterocycles. The summed E-state index contributed by atoms with van der Waals surface area (Å²) in [5, 5.41) is 2.40. The molecule has 1 aliphatic rings. The molecule has 0 bridgehead atoms. The molecule has 0 amide bonds. The first-order valence-electron chi connectivity index (χ1n) is 9.08. The van der Waals surface area contributed by atoms with Crippen molar-refractivity contribution in [2.45, 2.75) is 36.3 Å². The molecule has 0 radical (unpaired) electrons. The molecule has 7 nitrogen and oxygen atoms in total. The predicted octanol–water partition coefficient (Wildman–Crippen LogP) is 3.84. The molecule has 15 heteroatoms. The second-order valence-corrected chi connectivity index (χ2v) is 9.12. The summed E-state index contributed by atoms with van der Waals surface area (Å²) in [5.74, 6) is -1.88. The van der Waals surface area contributed by atoms with Gasteiger partial charge in [-0.2, -0.15) is 35.7 Å². The van der Waals surface area contributed by atoms with Gasteiger partial charge in [0.1, 0.15) is 23.2 Å². The number of halogens is 7. The van der Waals surface area contributed by atoms with Crippen LogP contribution in [0.4, 0.5) is 30.7 Å². The maximum Gasteiger partial charge on any atom is 0.417 e. The standard InChI is InChI=1S/C17H14F7N5O2S/c1-28-7-25-15(27-28)13-8-5-12(26-14(8)10(18)6-9(13)16(19,20)21)32(30,31)29-4-2-3-11(29)17(22,23)24/h5-7,11,26H,2-4H2,1H3. The number of H-pyrrole nitrogens is 1. The maximum absolute atomic E-state index is 14.6. The molecule has 174 valence electrons. The van der Waals surface area contributed by atoms with E-state index in [1.807, 2.05) is 0 Å². The Morgan fingerprint density at radius 1 is 1.16 bits per heavy atom. The van der Waals surface area contributed by atoms with Gasteiger partial charge in [-0.05, 0) is 25.0 Å². The molecule has 2 aromatic heterocycles. The van der Waals surface area contributed by atoms with Gasteiger partial charge in [0.25, 0.3) is 10.0 Å². The number of aromatic amines is 1. The summed E-state index contributed by atoms with van der Waals surface area (Å²) in [6, 6.07) is -1.44. The fraction of sp³-hybridized carbons (Fsp3) is 0.412. The van der Waals surface area contributed by atoms with Crippen LogP contribution in [0.2, 0.25) is 0 Å². The molecule has 1 unspecified atom stereocenters. The number of aromatic nitrogens is 4. The Bertz CT molecular complexity index is 1290. The summed E-state index contributed by atoms with van der Waals surface area (Å²) in [5.41, 5.74) is -2.77. The minimum atomic E-state index is -5.05. The average Bonchev–Trinajstić information content (AvgIpc) is 3.39. The monoisotopic (exact) mass is 485 g/mol. The number of nitrogens with zero attached hydrogens (tertiary/aromatic N) is 4. The van der Waals surface area contributed by atoms with Crippen molar-refractivity contribution in [3.05, 3.63) is 29.8 Å². The Hall–Kier alpha value is -2.68. The Morgan fingerprint density at radius 3 is 2.41 bits per heavy atom. The van der Waals surface area contributed by atoms with Crippen LogP contribution < -0.4 is 0 Å². The van der Waals surface area contributed by atoms with E-state index in [2.05, 4.69) is 15.1 Å². The first-order chi connectivity index (χ1) is 14.7. The van der Waals surface area contributed by atoms with Crippen molar-refractivity contribution in [2.75, 3.05) is 6.54 Å². The third-order valence-electron chi connectivity index (χ3n) is 5.14. The van der Waals surface area contributed by atoms with Gasteiger partial charge in [0, 0.05) is 24.5 Å². The zero-order chi connectivity index (χ0) is 23.6. The Balaban J connectivity index is 1.96. The summed E-state index contributed by atoms with van der Waals surface area (Å²) in [6.07, 6.45) is -9.31. The summed E-state index contributed by atoms with van der Waals surface area (Å²) in [4.78, 5) is 5.89.